The smallest absolute Gasteiger partial charge is 0.224 e. The van der Waals surface area contributed by atoms with Gasteiger partial charge in [0.1, 0.15) is 18.2 Å². The van der Waals surface area contributed by atoms with Crippen molar-refractivity contribution in [3.05, 3.63) is 65.5 Å². The molecule has 0 radical (unpaired) electrons. The first-order valence-corrected chi connectivity index (χ1v) is 7.78. The van der Waals surface area contributed by atoms with Crippen LogP contribution < -0.4 is 10.1 Å². The molecule has 0 aromatic heterocycles. The highest BCUT2D eigenvalue weighted by molar-refractivity contribution is 5.78. The highest BCUT2D eigenvalue weighted by Gasteiger charge is 2.04. The van der Waals surface area contributed by atoms with E-state index in [0.29, 0.717) is 24.6 Å². The third-order valence-electron chi connectivity index (χ3n) is 3.47. The van der Waals surface area contributed by atoms with E-state index >= 15 is 0 Å². The first-order valence-electron chi connectivity index (χ1n) is 7.78. The Morgan fingerprint density at radius 2 is 1.96 bits per heavy atom. The maximum absolute atomic E-state index is 13.0. The lowest BCUT2D eigenvalue weighted by molar-refractivity contribution is -0.120. The van der Waals surface area contributed by atoms with E-state index in [9.17, 15) is 9.18 Å². The summed E-state index contributed by atoms with van der Waals surface area (Å²) in [6, 6.07) is 14.0. The number of ether oxygens (including phenoxy) is 1. The van der Waals surface area contributed by atoms with Crippen LogP contribution in [0.25, 0.3) is 0 Å². The van der Waals surface area contributed by atoms with Crippen molar-refractivity contribution >= 4 is 5.91 Å². The summed E-state index contributed by atoms with van der Waals surface area (Å²) < 4.78 is 18.7. The first-order chi connectivity index (χ1) is 11.0. The van der Waals surface area contributed by atoms with Gasteiger partial charge in [-0.05, 0) is 41.3 Å². The highest BCUT2D eigenvalue weighted by Crippen LogP contribution is 2.19. The minimum atomic E-state index is -0.330. The molecule has 0 bridgehead atoms. The molecule has 1 amide bonds. The van der Waals surface area contributed by atoms with Crippen LogP contribution >= 0.6 is 0 Å². The average molecular weight is 315 g/mol. The molecule has 0 aliphatic rings. The molecule has 0 aliphatic carbocycles. The summed E-state index contributed by atoms with van der Waals surface area (Å²) in [7, 11) is 0. The average Bonchev–Trinajstić information content (AvgIpc) is 2.52. The number of carbonyl (C=O) groups is 1. The summed E-state index contributed by atoms with van der Waals surface area (Å²) >= 11 is 0. The lowest BCUT2D eigenvalue weighted by Gasteiger charge is -2.10. The topological polar surface area (TPSA) is 38.3 Å². The number of carbonyl (C=O) groups excluding carboxylic acids is 1. The predicted molar refractivity (Wildman–Crippen MR) is 89.1 cm³/mol. The first kappa shape index (κ1) is 17.0. The molecule has 0 atom stereocenters. The lowest BCUT2D eigenvalue weighted by atomic mass is 10.0. The number of halogens is 1. The molecule has 0 spiro atoms. The summed E-state index contributed by atoms with van der Waals surface area (Å²) in [4.78, 5) is 11.8. The van der Waals surface area contributed by atoms with E-state index < -0.39 is 0 Å². The molecule has 3 nitrogen and oxygen atoms in total. The number of benzene rings is 2. The molecule has 0 aliphatic heterocycles. The largest absolute Gasteiger partial charge is 0.492 e. The van der Waals surface area contributed by atoms with Crippen molar-refractivity contribution in [2.75, 3.05) is 13.2 Å². The maximum atomic E-state index is 13.0. The molecular formula is C19H22FNO2. The summed E-state index contributed by atoms with van der Waals surface area (Å²) in [6.45, 7) is 5.08. The van der Waals surface area contributed by atoms with Gasteiger partial charge in [0.25, 0.3) is 0 Å². The van der Waals surface area contributed by atoms with E-state index in [-0.39, 0.29) is 18.1 Å². The monoisotopic (exact) mass is 315 g/mol. The van der Waals surface area contributed by atoms with Gasteiger partial charge in [-0.1, -0.05) is 38.1 Å². The second-order valence-corrected chi connectivity index (χ2v) is 5.73. The Kier molecular flexibility index (Phi) is 6.15. The van der Waals surface area contributed by atoms with E-state index in [1.807, 2.05) is 18.2 Å². The van der Waals surface area contributed by atoms with Crippen molar-refractivity contribution in [3.8, 4) is 5.75 Å². The van der Waals surface area contributed by atoms with Crippen LogP contribution in [0.1, 0.15) is 30.9 Å². The molecule has 2 rings (SSSR count). The Balaban J connectivity index is 1.73. The third kappa shape index (κ3) is 5.74. The summed E-state index contributed by atoms with van der Waals surface area (Å²) in [5, 5.41) is 2.77. The van der Waals surface area contributed by atoms with Gasteiger partial charge < -0.3 is 10.1 Å². The molecule has 0 fully saturated rings. The Morgan fingerprint density at radius 1 is 1.17 bits per heavy atom. The van der Waals surface area contributed by atoms with Crippen molar-refractivity contribution in [2.24, 2.45) is 0 Å². The number of hydrogen-bond acceptors (Lipinski definition) is 2. The SMILES string of the molecule is CC(C)c1cccc(OCCNC(=O)Cc2cccc(F)c2)c1. The highest BCUT2D eigenvalue weighted by atomic mass is 19.1. The number of rotatable bonds is 7. The lowest BCUT2D eigenvalue weighted by Crippen LogP contribution is -2.29. The molecule has 23 heavy (non-hydrogen) atoms. The fourth-order valence-electron chi connectivity index (χ4n) is 2.22. The van der Waals surface area contributed by atoms with Crippen molar-refractivity contribution in [1.82, 2.24) is 5.32 Å². The summed E-state index contributed by atoms with van der Waals surface area (Å²) in [5.41, 5.74) is 1.88. The van der Waals surface area contributed by atoms with E-state index in [0.717, 1.165) is 5.75 Å². The second-order valence-electron chi connectivity index (χ2n) is 5.73. The minimum Gasteiger partial charge on any atom is -0.492 e. The van der Waals surface area contributed by atoms with Gasteiger partial charge in [0.2, 0.25) is 5.91 Å². The van der Waals surface area contributed by atoms with Crippen LogP contribution in [0.2, 0.25) is 0 Å². The van der Waals surface area contributed by atoms with Gasteiger partial charge in [0, 0.05) is 0 Å². The fraction of sp³-hybridized carbons (Fsp3) is 0.316. The third-order valence-corrected chi connectivity index (χ3v) is 3.47. The molecule has 122 valence electrons. The Bertz CT molecular complexity index is 655. The molecule has 4 heteroatoms. The van der Waals surface area contributed by atoms with Gasteiger partial charge in [0.15, 0.2) is 0 Å². The number of nitrogens with one attached hydrogen (secondary N) is 1. The Hall–Kier alpha value is -2.36. The van der Waals surface area contributed by atoms with Gasteiger partial charge in [-0.3, -0.25) is 4.79 Å². The van der Waals surface area contributed by atoms with Crippen LogP contribution in [-0.4, -0.2) is 19.1 Å². The van der Waals surface area contributed by atoms with Crippen molar-refractivity contribution in [1.29, 1.82) is 0 Å². The Labute approximate surface area is 136 Å². The van der Waals surface area contributed by atoms with Gasteiger partial charge >= 0.3 is 0 Å². The van der Waals surface area contributed by atoms with E-state index in [2.05, 4.69) is 25.2 Å². The number of amides is 1. The molecule has 1 N–H and O–H groups in total. The minimum absolute atomic E-state index is 0.143. The summed E-state index contributed by atoms with van der Waals surface area (Å²) in [6.07, 6.45) is 0.167. The molecule has 0 saturated heterocycles. The zero-order valence-electron chi connectivity index (χ0n) is 13.5. The molecule has 0 heterocycles. The van der Waals surface area contributed by atoms with Crippen molar-refractivity contribution in [2.45, 2.75) is 26.2 Å². The van der Waals surface area contributed by atoms with Crippen LogP contribution in [0, 0.1) is 5.82 Å². The number of hydrogen-bond donors (Lipinski definition) is 1. The van der Waals surface area contributed by atoms with Crippen LogP contribution in [-0.2, 0) is 11.2 Å². The zero-order chi connectivity index (χ0) is 16.7. The van der Waals surface area contributed by atoms with Gasteiger partial charge in [-0.2, -0.15) is 0 Å². The molecule has 2 aromatic rings. The van der Waals surface area contributed by atoms with E-state index in [1.165, 1.54) is 17.7 Å². The molecule has 0 saturated carbocycles. The van der Waals surface area contributed by atoms with Crippen molar-refractivity contribution in [3.63, 3.8) is 0 Å². The summed E-state index contributed by atoms with van der Waals surface area (Å²) in [5.74, 6) is 0.777. The van der Waals surface area contributed by atoms with Crippen LogP contribution in [0.3, 0.4) is 0 Å². The molecule has 0 unspecified atom stereocenters. The normalized spacial score (nSPS) is 10.6. The van der Waals surface area contributed by atoms with Gasteiger partial charge in [-0.15, -0.1) is 0 Å². The molecular weight excluding hydrogens is 293 g/mol. The van der Waals surface area contributed by atoms with Gasteiger partial charge in [0.05, 0.1) is 13.0 Å². The van der Waals surface area contributed by atoms with Gasteiger partial charge in [-0.25, -0.2) is 4.39 Å². The standard InChI is InChI=1S/C19H22FNO2/c1-14(2)16-6-4-8-18(13-16)23-10-9-21-19(22)12-15-5-3-7-17(20)11-15/h3-8,11,13-14H,9-10,12H2,1-2H3,(H,21,22). The maximum Gasteiger partial charge on any atom is 0.224 e. The molecule has 2 aromatic carbocycles. The van der Waals surface area contributed by atoms with Crippen LogP contribution in [0.5, 0.6) is 5.75 Å². The predicted octanol–water partition coefficient (Wildman–Crippen LogP) is 3.69. The van der Waals surface area contributed by atoms with Crippen molar-refractivity contribution < 1.29 is 13.9 Å². The van der Waals surface area contributed by atoms with Crippen LogP contribution in [0.4, 0.5) is 4.39 Å². The second kappa shape index (κ2) is 8.32. The van der Waals surface area contributed by atoms with E-state index in [1.54, 1.807) is 12.1 Å². The van der Waals surface area contributed by atoms with E-state index in [4.69, 9.17) is 4.74 Å². The zero-order valence-corrected chi connectivity index (χ0v) is 13.5. The Morgan fingerprint density at radius 3 is 2.70 bits per heavy atom. The fourth-order valence-corrected chi connectivity index (χ4v) is 2.22. The quantitative estimate of drug-likeness (QED) is 0.791. The van der Waals surface area contributed by atoms with Crippen LogP contribution in [0.15, 0.2) is 48.5 Å².